The number of halogens is 1. The molecular formula is C33H27FN2O4. The van der Waals surface area contributed by atoms with Crippen LogP contribution in [0.2, 0.25) is 0 Å². The number of aliphatic carboxylic acids is 1. The number of benzene rings is 4. The molecule has 4 aromatic carbocycles. The lowest BCUT2D eigenvalue weighted by atomic mass is 9.98. The highest BCUT2D eigenvalue weighted by Gasteiger charge is 2.30. The van der Waals surface area contributed by atoms with Gasteiger partial charge in [0.15, 0.2) is 0 Å². The van der Waals surface area contributed by atoms with Crippen molar-refractivity contribution in [2.24, 2.45) is 0 Å². The van der Waals surface area contributed by atoms with Crippen molar-refractivity contribution in [1.29, 1.82) is 0 Å². The molecule has 1 heterocycles. The van der Waals surface area contributed by atoms with Crippen LogP contribution < -0.4 is 5.32 Å². The number of aromatic nitrogens is 1. The molecule has 0 saturated heterocycles. The van der Waals surface area contributed by atoms with Crippen molar-refractivity contribution in [3.05, 3.63) is 131 Å². The van der Waals surface area contributed by atoms with Crippen molar-refractivity contribution in [1.82, 2.24) is 9.88 Å². The second-order valence-corrected chi connectivity index (χ2v) is 9.96. The molecule has 1 amide bonds. The van der Waals surface area contributed by atoms with E-state index in [9.17, 15) is 19.1 Å². The highest BCUT2D eigenvalue weighted by atomic mass is 19.1. The van der Waals surface area contributed by atoms with E-state index in [1.165, 1.54) is 6.07 Å². The van der Waals surface area contributed by atoms with Crippen LogP contribution in [0.1, 0.15) is 28.2 Å². The first-order valence-corrected chi connectivity index (χ1v) is 13.1. The Morgan fingerprint density at radius 3 is 2.17 bits per heavy atom. The fourth-order valence-electron chi connectivity index (χ4n) is 5.63. The molecule has 1 aliphatic carbocycles. The van der Waals surface area contributed by atoms with E-state index in [0.717, 1.165) is 38.7 Å². The number of amides is 1. The van der Waals surface area contributed by atoms with Gasteiger partial charge in [-0.1, -0.05) is 84.9 Å². The second-order valence-electron chi connectivity index (χ2n) is 9.96. The van der Waals surface area contributed by atoms with Crippen LogP contribution in [-0.2, 0) is 22.5 Å². The van der Waals surface area contributed by atoms with Gasteiger partial charge in [-0.25, -0.2) is 14.0 Å². The number of carboxylic acids is 1. The van der Waals surface area contributed by atoms with Crippen molar-refractivity contribution in [2.75, 3.05) is 6.61 Å². The molecule has 40 heavy (non-hydrogen) atoms. The normalized spacial score (nSPS) is 13.0. The van der Waals surface area contributed by atoms with E-state index >= 15 is 0 Å². The van der Waals surface area contributed by atoms with Crippen LogP contribution in [0.15, 0.2) is 103 Å². The zero-order valence-corrected chi connectivity index (χ0v) is 21.6. The molecular weight excluding hydrogens is 507 g/mol. The molecule has 0 spiro atoms. The fourth-order valence-corrected chi connectivity index (χ4v) is 5.63. The SMILES string of the molecule is O=C(NC(Cc1cn(Cc2ccccc2F)c2ccccc12)C(=O)O)OCC1c2ccccc2-c2ccccc21. The molecule has 1 aliphatic rings. The van der Waals surface area contributed by atoms with Gasteiger partial charge in [0.25, 0.3) is 0 Å². The predicted octanol–water partition coefficient (Wildman–Crippen LogP) is 6.36. The van der Waals surface area contributed by atoms with Crippen LogP contribution >= 0.6 is 0 Å². The molecule has 1 unspecified atom stereocenters. The third-order valence-corrected chi connectivity index (χ3v) is 7.53. The number of carboxylic acid groups (broad SMARTS) is 1. The predicted molar refractivity (Wildman–Crippen MR) is 151 cm³/mol. The van der Waals surface area contributed by atoms with Crippen LogP contribution in [0.25, 0.3) is 22.0 Å². The van der Waals surface area contributed by atoms with Gasteiger partial charge in [-0.3, -0.25) is 0 Å². The molecule has 1 atom stereocenters. The number of hydrogen-bond donors (Lipinski definition) is 2. The number of hydrogen-bond acceptors (Lipinski definition) is 3. The lowest BCUT2D eigenvalue weighted by molar-refractivity contribution is -0.139. The maximum absolute atomic E-state index is 14.3. The van der Waals surface area contributed by atoms with Crippen molar-refractivity contribution < 1.29 is 23.8 Å². The van der Waals surface area contributed by atoms with Gasteiger partial charge in [-0.05, 0) is 39.9 Å². The summed E-state index contributed by atoms with van der Waals surface area (Å²) < 4.78 is 21.8. The van der Waals surface area contributed by atoms with Gasteiger partial charge in [-0.15, -0.1) is 0 Å². The standard InChI is InChI=1S/C33H27FN2O4/c34-29-15-7-1-9-21(29)18-36-19-22(23-10-6-8-16-31(23)36)17-30(32(37)38)35-33(39)40-20-28-26-13-4-2-11-24(26)25-12-3-5-14-27(25)28/h1-16,19,28,30H,17-18,20H2,(H,35,39)(H,37,38). The summed E-state index contributed by atoms with van der Waals surface area (Å²) in [6, 6.07) is 29.0. The van der Waals surface area contributed by atoms with Crippen molar-refractivity contribution >= 4 is 23.0 Å². The van der Waals surface area contributed by atoms with Crippen LogP contribution in [0.4, 0.5) is 9.18 Å². The van der Waals surface area contributed by atoms with E-state index in [0.29, 0.717) is 12.1 Å². The molecule has 7 heteroatoms. The average molecular weight is 535 g/mol. The molecule has 0 saturated carbocycles. The largest absolute Gasteiger partial charge is 0.480 e. The third kappa shape index (κ3) is 4.82. The molecule has 0 radical (unpaired) electrons. The smallest absolute Gasteiger partial charge is 0.407 e. The minimum Gasteiger partial charge on any atom is -0.480 e. The number of nitrogens with zero attached hydrogens (tertiary/aromatic N) is 1. The van der Waals surface area contributed by atoms with Crippen LogP contribution in [0.3, 0.4) is 0 Å². The number of carbonyl (C=O) groups is 2. The third-order valence-electron chi connectivity index (χ3n) is 7.53. The molecule has 6 nitrogen and oxygen atoms in total. The zero-order valence-electron chi connectivity index (χ0n) is 21.6. The Hall–Kier alpha value is -4.91. The van der Waals surface area contributed by atoms with Gasteiger partial charge >= 0.3 is 12.1 Å². The Bertz CT molecular complexity index is 1680. The van der Waals surface area contributed by atoms with E-state index in [-0.39, 0.29) is 24.8 Å². The summed E-state index contributed by atoms with van der Waals surface area (Å²) in [5.74, 6) is -1.60. The van der Waals surface area contributed by atoms with E-state index in [2.05, 4.69) is 17.4 Å². The molecule has 0 aliphatic heterocycles. The van der Waals surface area contributed by atoms with Crippen molar-refractivity contribution in [2.45, 2.75) is 24.9 Å². The van der Waals surface area contributed by atoms with Crippen LogP contribution in [-0.4, -0.2) is 34.4 Å². The number of fused-ring (bicyclic) bond motifs is 4. The summed E-state index contributed by atoms with van der Waals surface area (Å²) in [6.45, 7) is 0.388. The monoisotopic (exact) mass is 534 g/mol. The van der Waals surface area contributed by atoms with Crippen LogP contribution in [0.5, 0.6) is 0 Å². The lowest BCUT2D eigenvalue weighted by Crippen LogP contribution is -2.42. The first-order valence-electron chi connectivity index (χ1n) is 13.1. The molecule has 6 rings (SSSR count). The van der Waals surface area contributed by atoms with Crippen molar-refractivity contribution in [3.8, 4) is 11.1 Å². The Morgan fingerprint density at radius 1 is 0.850 bits per heavy atom. The number of alkyl carbamates (subject to hydrolysis) is 1. The average Bonchev–Trinajstić information content (AvgIpc) is 3.48. The minimum atomic E-state index is -1.21. The van der Waals surface area contributed by atoms with Gasteiger partial charge in [-0.2, -0.15) is 0 Å². The van der Waals surface area contributed by atoms with Crippen molar-refractivity contribution in [3.63, 3.8) is 0 Å². The van der Waals surface area contributed by atoms with Gasteiger partial charge < -0.3 is 19.7 Å². The summed E-state index contributed by atoms with van der Waals surface area (Å²) in [4.78, 5) is 25.0. The first kappa shape index (κ1) is 25.4. The number of ether oxygens (including phenoxy) is 1. The van der Waals surface area contributed by atoms with Gasteiger partial charge in [0.1, 0.15) is 18.5 Å². The summed E-state index contributed by atoms with van der Waals surface area (Å²) in [5, 5.41) is 13.3. The Balaban J connectivity index is 1.18. The van der Waals surface area contributed by atoms with Gasteiger partial charge in [0, 0.05) is 35.0 Å². The minimum absolute atomic E-state index is 0.0459. The Kier molecular flexibility index (Phi) is 6.78. The maximum Gasteiger partial charge on any atom is 0.407 e. The molecule has 5 aromatic rings. The number of carbonyl (C=O) groups excluding carboxylic acids is 1. The second kappa shape index (κ2) is 10.7. The summed E-state index contributed by atoms with van der Waals surface area (Å²) in [7, 11) is 0. The lowest BCUT2D eigenvalue weighted by Gasteiger charge is -2.17. The molecule has 0 bridgehead atoms. The van der Waals surface area contributed by atoms with E-state index in [4.69, 9.17) is 4.74 Å². The topological polar surface area (TPSA) is 80.6 Å². The van der Waals surface area contributed by atoms with E-state index in [1.807, 2.05) is 71.4 Å². The highest BCUT2D eigenvalue weighted by molar-refractivity contribution is 5.86. The summed E-state index contributed by atoms with van der Waals surface area (Å²) >= 11 is 0. The molecule has 0 fully saturated rings. The van der Waals surface area contributed by atoms with Gasteiger partial charge in [0.2, 0.25) is 0 Å². The van der Waals surface area contributed by atoms with E-state index < -0.39 is 18.1 Å². The molecule has 2 N–H and O–H groups in total. The summed E-state index contributed by atoms with van der Waals surface area (Å²) in [5.41, 5.74) is 6.50. The number of para-hydroxylation sites is 1. The van der Waals surface area contributed by atoms with E-state index in [1.54, 1.807) is 18.2 Å². The molecule has 1 aromatic heterocycles. The first-order chi connectivity index (χ1) is 19.5. The Labute approximate surface area is 230 Å². The fraction of sp³-hybridized carbons (Fsp3) is 0.152. The highest BCUT2D eigenvalue weighted by Crippen LogP contribution is 2.44. The quantitative estimate of drug-likeness (QED) is 0.243. The summed E-state index contributed by atoms with van der Waals surface area (Å²) in [6.07, 6.45) is 1.08. The number of nitrogens with one attached hydrogen (secondary N) is 1. The molecule has 200 valence electrons. The number of rotatable bonds is 8. The maximum atomic E-state index is 14.3. The van der Waals surface area contributed by atoms with Crippen LogP contribution in [0, 0.1) is 5.82 Å². The van der Waals surface area contributed by atoms with Gasteiger partial charge in [0.05, 0.1) is 6.54 Å². The zero-order chi connectivity index (χ0) is 27.6. The Morgan fingerprint density at radius 2 is 1.48 bits per heavy atom.